The fraction of sp³-hybridized carbons (Fsp3) is 0.0800. The third-order valence-corrected chi connectivity index (χ3v) is 5.24. The normalized spacial score (nSPS) is 14.4. The maximum absolute atomic E-state index is 13.4. The predicted octanol–water partition coefficient (Wildman–Crippen LogP) is 4.41. The zero-order chi connectivity index (χ0) is 23.5. The number of non-ortho nitro benzene ring substituents is 1. The molecule has 0 spiro atoms. The summed E-state index contributed by atoms with van der Waals surface area (Å²) in [6.07, 6.45) is 1.54. The van der Waals surface area contributed by atoms with Gasteiger partial charge in [-0.2, -0.15) is 0 Å². The summed E-state index contributed by atoms with van der Waals surface area (Å²) >= 11 is 0. The molecule has 4 rings (SSSR count). The lowest BCUT2D eigenvalue weighted by Gasteiger charge is -2.20. The van der Waals surface area contributed by atoms with Crippen molar-refractivity contribution in [2.24, 2.45) is 4.99 Å². The number of rotatable bonds is 5. The Morgan fingerprint density at radius 1 is 1.03 bits per heavy atom. The van der Waals surface area contributed by atoms with Gasteiger partial charge in [-0.25, -0.2) is 4.99 Å². The molecule has 0 bridgehead atoms. The number of nitro groups is 1. The van der Waals surface area contributed by atoms with Gasteiger partial charge in [0.05, 0.1) is 10.6 Å². The van der Waals surface area contributed by atoms with Crippen molar-refractivity contribution in [3.05, 3.63) is 106 Å². The van der Waals surface area contributed by atoms with Gasteiger partial charge in [-0.15, -0.1) is 0 Å². The van der Waals surface area contributed by atoms with Crippen molar-refractivity contribution in [3.63, 3.8) is 0 Å². The number of amides is 2. The van der Waals surface area contributed by atoms with Crippen LogP contribution in [0.3, 0.4) is 0 Å². The Bertz CT molecular complexity index is 1300. The van der Waals surface area contributed by atoms with Gasteiger partial charge in [0, 0.05) is 37.4 Å². The van der Waals surface area contributed by atoms with Crippen LogP contribution in [0.1, 0.15) is 18.1 Å². The van der Waals surface area contributed by atoms with Gasteiger partial charge >= 0.3 is 0 Å². The molecule has 0 saturated carbocycles. The van der Waals surface area contributed by atoms with Crippen molar-refractivity contribution in [1.82, 2.24) is 0 Å². The van der Waals surface area contributed by atoms with Crippen molar-refractivity contribution in [1.29, 1.82) is 0 Å². The van der Waals surface area contributed by atoms with E-state index in [0.717, 1.165) is 5.56 Å². The summed E-state index contributed by atoms with van der Waals surface area (Å²) < 4.78 is 0. The number of hydrogen-bond donors (Lipinski definition) is 0. The average molecular weight is 440 g/mol. The van der Waals surface area contributed by atoms with E-state index >= 15 is 0 Å². The highest BCUT2D eigenvalue weighted by Gasteiger charge is 2.32. The molecule has 0 aliphatic carbocycles. The minimum Gasteiger partial charge on any atom is -0.316 e. The highest BCUT2D eigenvalue weighted by molar-refractivity contribution is 6.33. The first-order valence-electron chi connectivity index (χ1n) is 10.1. The van der Waals surface area contributed by atoms with E-state index in [2.05, 4.69) is 4.99 Å². The van der Waals surface area contributed by atoms with Gasteiger partial charge in [0.1, 0.15) is 11.5 Å². The molecule has 0 saturated heterocycles. The van der Waals surface area contributed by atoms with E-state index in [9.17, 15) is 19.7 Å². The molecule has 0 unspecified atom stereocenters. The van der Waals surface area contributed by atoms with Crippen molar-refractivity contribution >= 4 is 40.8 Å². The first-order chi connectivity index (χ1) is 15.8. The van der Waals surface area contributed by atoms with E-state index in [4.69, 9.17) is 0 Å². The number of carbonyl (C=O) groups is 2. The first-order valence-corrected chi connectivity index (χ1v) is 10.1. The standard InChI is InChI=1S/C25H20N4O4/c1-17(30)27(2)20-11-13-21(14-12-20)28-24(19-8-4-3-5-9-19)26-23(25(28)31)16-18-7-6-10-22(15-18)29(32)33/h3-16H,1-2H3/b23-16+. The summed E-state index contributed by atoms with van der Waals surface area (Å²) in [6, 6.07) is 22.3. The maximum Gasteiger partial charge on any atom is 0.282 e. The number of benzene rings is 3. The van der Waals surface area contributed by atoms with Crippen LogP contribution in [0.5, 0.6) is 0 Å². The number of amidine groups is 1. The Balaban J connectivity index is 1.76. The largest absolute Gasteiger partial charge is 0.316 e. The zero-order valence-corrected chi connectivity index (χ0v) is 18.0. The summed E-state index contributed by atoms with van der Waals surface area (Å²) in [7, 11) is 1.68. The molecule has 0 N–H and O–H groups in total. The van der Waals surface area contributed by atoms with Crippen molar-refractivity contribution in [2.45, 2.75) is 6.92 Å². The van der Waals surface area contributed by atoms with Crippen LogP contribution < -0.4 is 9.80 Å². The van der Waals surface area contributed by atoms with E-state index in [0.29, 0.717) is 22.8 Å². The van der Waals surface area contributed by atoms with Gasteiger partial charge in [0.25, 0.3) is 11.6 Å². The molecule has 1 heterocycles. The third kappa shape index (κ3) is 4.40. The zero-order valence-electron chi connectivity index (χ0n) is 18.0. The Kier molecular flexibility index (Phi) is 5.82. The lowest BCUT2D eigenvalue weighted by atomic mass is 10.1. The topological polar surface area (TPSA) is 96.1 Å². The van der Waals surface area contributed by atoms with Gasteiger partial charge in [-0.1, -0.05) is 42.5 Å². The monoisotopic (exact) mass is 440 g/mol. The van der Waals surface area contributed by atoms with E-state index in [1.165, 1.54) is 34.9 Å². The number of nitro benzene ring substituents is 1. The summed E-state index contributed by atoms with van der Waals surface area (Å²) in [4.78, 5) is 43.2. The Morgan fingerprint density at radius 3 is 2.36 bits per heavy atom. The maximum atomic E-state index is 13.4. The van der Waals surface area contributed by atoms with E-state index in [1.807, 2.05) is 30.3 Å². The molecule has 1 aliphatic heterocycles. The summed E-state index contributed by atoms with van der Waals surface area (Å²) in [5.74, 6) is -0.00769. The second-order valence-corrected chi connectivity index (χ2v) is 7.42. The third-order valence-electron chi connectivity index (χ3n) is 5.24. The smallest absolute Gasteiger partial charge is 0.282 e. The fourth-order valence-corrected chi connectivity index (χ4v) is 3.43. The minimum absolute atomic E-state index is 0.0657. The van der Waals surface area contributed by atoms with Gasteiger partial charge in [0.15, 0.2) is 0 Å². The van der Waals surface area contributed by atoms with Gasteiger partial charge < -0.3 is 4.90 Å². The van der Waals surface area contributed by atoms with E-state index in [-0.39, 0.29) is 23.2 Å². The van der Waals surface area contributed by atoms with Crippen LogP contribution >= 0.6 is 0 Å². The van der Waals surface area contributed by atoms with Crippen molar-refractivity contribution < 1.29 is 14.5 Å². The predicted molar refractivity (Wildman–Crippen MR) is 127 cm³/mol. The van der Waals surface area contributed by atoms with Gasteiger partial charge in [-0.05, 0) is 35.9 Å². The molecule has 3 aromatic rings. The van der Waals surface area contributed by atoms with Crippen LogP contribution in [0, 0.1) is 10.1 Å². The Labute approximate surface area is 190 Å². The molecular formula is C25H20N4O4. The molecule has 1 aliphatic rings. The molecule has 2 amide bonds. The van der Waals surface area contributed by atoms with Crippen LogP contribution in [-0.2, 0) is 9.59 Å². The molecule has 8 heteroatoms. The number of carbonyl (C=O) groups excluding carboxylic acids is 2. The number of nitrogens with zero attached hydrogens (tertiary/aromatic N) is 4. The summed E-state index contributed by atoms with van der Waals surface area (Å²) in [6.45, 7) is 1.48. The van der Waals surface area contributed by atoms with E-state index in [1.54, 1.807) is 43.4 Å². The molecule has 164 valence electrons. The summed E-state index contributed by atoms with van der Waals surface area (Å²) in [5, 5.41) is 11.1. The van der Waals surface area contributed by atoms with Crippen LogP contribution in [0.4, 0.5) is 17.1 Å². The molecule has 33 heavy (non-hydrogen) atoms. The highest BCUT2D eigenvalue weighted by atomic mass is 16.6. The average Bonchev–Trinajstić information content (AvgIpc) is 3.15. The molecule has 0 fully saturated rings. The fourth-order valence-electron chi connectivity index (χ4n) is 3.43. The second-order valence-electron chi connectivity index (χ2n) is 7.42. The quantitative estimate of drug-likeness (QED) is 0.333. The first kappa shape index (κ1) is 21.6. The molecule has 0 aromatic heterocycles. The summed E-state index contributed by atoms with van der Waals surface area (Å²) in [5.41, 5.74) is 2.64. The lowest BCUT2D eigenvalue weighted by molar-refractivity contribution is -0.384. The number of aliphatic imine (C=N–C) groups is 1. The lowest BCUT2D eigenvalue weighted by Crippen LogP contribution is -2.32. The molecule has 0 atom stereocenters. The van der Waals surface area contributed by atoms with Gasteiger partial charge in [0.2, 0.25) is 5.91 Å². The van der Waals surface area contributed by atoms with Crippen LogP contribution in [0.15, 0.2) is 89.6 Å². The van der Waals surface area contributed by atoms with Crippen LogP contribution in [0.2, 0.25) is 0 Å². The SMILES string of the molecule is CC(=O)N(C)c1ccc(N2C(=O)/C(=C\c3cccc([N+](=O)[O-])c3)N=C2c2ccccc2)cc1. The van der Waals surface area contributed by atoms with E-state index < -0.39 is 4.92 Å². The Hall–Kier alpha value is -4.59. The second kappa shape index (κ2) is 8.88. The Morgan fingerprint density at radius 2 is 1.73 bits per heavy atom. The molecular weight excluding hydrogens is 420 g/mol. The highest BCUT2D eigenvalue weighted by Crippen LogP contribution is 2.29. The molecule has 8 nitrogen and oxygen atoms in total. The number of anilines is 2. The molecule has 0 radical (unpaired) electrons. The minimum atomic E-state index is -0.483. The van der Waals surface area contributed by atoms with Crippen molar-refractivity contribution in [2.75, 3.05) is 16.8 Å². The van der Waals surface area contributed by atoms with Gasteiger partial charge in [-0.3, -0.25) is 24.6 Å². The van der Waals surface area contributed by atoms with Crippen molar-refractivity contribution in [3.8, 4) is 0 Å². The molecule has 3 aromatic carbocycles. The van der Waals surface area contributed by atoms with Crippen LogP contribution in [0.25, 0.3) is 6.08 Å². The van der Waals surface area contributed by atoms with Crippen LogP contribution in [-0.4, -0.2) is 29.6 Å². The number of hydrogen-bond acceptors (Lipinski definition) is 5.